The molecule has 0 unspecified atom stereocenters. The van der Waals surface area contributed by atoms with Gasteiger partial charge in [-0.2, -0.15) is 0 Å². The first-order valence-electron chi connectivity index (χ1n) is 8.09. The smallest absolute Gasteiger partial charge is 0.173 e. The van der Waals surface area contributed by atoms with E-state index in [4.69, 9.17) is 35.4 Å². The van der Waals surface area contributed by atoms with Crippen LogP contribution >= 0.6 is 35.4 Å². The van der Waals surface area contributed by atoms with Gasteiger partial charge in [-0.1, -0.05) is 62.7 Å². The Morgan fingerprint density at radius 1 is 1.05 bits per heavy atom. The van der Waals surface area contributed by atoms with Crippen molar-refractivity contribution in [1.82, 2.24) is 4.90 Å². The van der Waals surface area contributed by atoms with Crippen molar-refractivity contribution >= 4 is 46.2 Å². The SMILES string of the molecule is CCCCCN(CCCCC)C(=S)Nc1cc(Cl)ccc1Cl. The van der Waals surface area contributed by atoms with Crippen LogP contribution in [0.15, 0.2) is 18.2 Å². The Bertz CT molecular complexity index is 456. The molecule has 1 rings (SSSR count). The van der Waals surface area contributed by atoms with Crippen LogP contribution in [0.25, 0.3) is 0 Å². The fraction of sp³-hybridized carbons (Fsp3) is 0.588. The zero-order chi connectivity index (χ0) is 16.4. The van der Waals surface area contributed by atoms with Gasteiger partial charge in [0.25, 0.3) is 0 Å². The molecule has 124 valence electrons. The second kappa shape index (κ2) is 11.1. The number of anilines is 1. The summed E-state index contributed by atoms with van der Waals surface area (Å²) in [6, 6.07) is 5.37. The van der Waals surface area contributed by atoms with Crippen LogP contribution in [-0.2, 0) is 0 Å². The number of thiocarbonyl (C=S) groups is 1. The second-order valence-electron chi connectivity index (χ2n) is 5.46. The molecule has 2 nitrogen and oxygen atoms in total. The molecule has 1 N–H and O–H groups in total. The minimum Gasteiger partial charge on any atom is -0.349 e. The number of rotatable bonds is 9. The fourth-order valence-electron chi connectivity index (χ4n) is 2.21. The molecule has 0 aliphatic rings. The van der Waals surface area contributed by atoms with Crippen LogP contribution < -0.4 is 5.32 Å². The van der Waals surface area contributed by atoms with Gasteiger partial charge in [-0.05, 0) is 43.3 Å². The van der Waals surface area contributed by atoms with Gasteiger partial charge in [0.2, 0.25) is 0 Å². The summed E-state index contributed by atoms with van der Waals surface area (Å²) in [7, 11) is 0. The molecule has 1 aromatic rings. The highest BCUT2D eigenvalue weighted by molar-refractivity contribution is 7.80. The molecule has 0 aromatic heterocycles. The van der Waals surface area contributed by atoms with Crippen molar-refractivity contribution in [3.63, 3.8) is 0 Å². The lowest BCUT2D eigenvalue weighted by Gasteiger charge is -2.26. The summed E-state index contributed by atoms with van der Waals surface area (Å²) < 4.78 is 0. The molecular formula is C17H26Cl2N2S. The van der Waals surface area contributed by atoms with E-state index in [1.165, 1.54) is 25.7 Å². The van der Waals surface area contributed by atoms with Crippen LogP contribution in [0.2, 0.25) is 10.0 Å². The van der Waals surface area contributed by atoms with Gasteiger partial charge in [0.1, 0.15) is 0 Å². The van der Waals surface area contributed by atoms with E-state index in [-0.39, 0.29) is 0 Å². The van der Waals surface area contributed by atoms with Crippen LogP contribution in [0.1, 0.15) is 52.4 Å². The van der Waals surface area contributed by atoms with E-state index in [0.717, 1.165) is 36.7 Å². The molecule has 0 aliphatic carbocycles. The molecule has 0 spiro atoms. The summed E-state index contributed by atoms with van der Waals surface area (Å²) >= 11 is 17.8. The van der Waals surface area contributed by atoms with Crippen LogP contribution in [-0.4, -0.2) is 23.1 Å². The molecule has 22 heavy (non-hydrogen) atoms. The van der Waals surface area contributed by atoms with E-state index in [0.29, 0.717) is 10.0 Å². The average molecular weight is 361 g/mol. The lowest BCUT2D eigenvalue weighted by atomic mass is 10.2. The van der Waals surface area contributed by atoms with Crippen molar-refractivity contribution in [3.8, 4) is 0 Å². The zero-order valence-electron chi connectivity index (χ0n) is 13.5. The number of nitrogens with zero attached hydrogens (tertiary/aromatic N) is 1. The summed E-state index contributed by atoms with van der Waals surface area (Å²) in [5, 5.41) is 5.26. The largest absolute Gasteiger partial charge is 0.349 e. The summed E-state index contributed by atoms with van der Waals surface area (Å²) in [5.74, 6) is 0. The molecule has 1 aromatic carbocycles. The topological polar surface area (TPSA) is 15.3 Å². The maximum atomic E-state index is 6.20. The normalized spacial score (nSPS) is 10.5. The van der Waals surface area contributed by atoms with Crippen LogP contribution in [0.5, 0.6) is 0 Å². The molecular weight excluding hydrogens is 335 g/mol. The molecule has 0 fully saturated rings. The molecule has 0 heterocycles. The van der Waals surface area contributed by atoms with Gasteiger partial charge in [-0.25, -0.2) is 0 Å². The molecule has 0 amide bonds. The van der Waals surface area contributed by atoms with Crippen molar-refractivity contribution in [1.29, 1.82) is 0 Å². The highest BCUT2D eigenvalue weighted by atomic mass is 35.5. The maximum Gasteiger partial charge on any atom is 0.173 e. The van der Waals surface area contributed by atoms with Crippen molar-refractivity contribution in [2.24, 2.45) is 0 Å². The van der Waals surface area contributed by atoms with E-state index in [9.17, 15) is 0 Å². The number of hydrogen-bond acceptors (Lipinski definition) is 1. The number of halogens is 2. The minimum absolute atomic E-state index is 0.633. The summed E-state index contributed by atoms with van der Waals surface area (Å²) in [6.45, 7) is 6.40. The predicted octanol–water partition coefficient (Wildman–Crippen LogP) is 6.37. The van der Waals surface area contributed by atoms with Gasteiger partial charge in [-0.15, -0.1) is 0 Å². The third kappa shape index (κ3) is 7.17. The van der Waals surface area contributed by atoms with Crippen molar-refractivity contribution in [2.45, 2.75) is 52.4 Å². The number of nitrogens with one attached hydrogen (secondary N) is 1. The molecule has 0 aliphatic heterocycles. The highest BCUT2D eigenvalue weighted by Gasteiger charge is 2.11. The third-order valence-electron chi connectivity index (χ3n) is 3.52. The van der Waals surface area contributed by atoms with E-state index in [1.807, 2.05) is 6.07 Å². The summed E-state index contributed by atoms with van der Waals surface area (Å²) in [6.07, 6.45) is 7.20. The zero-order valence-corrected chi connectivity index (χ0v) is 15.8. The minimum atomic E-state index is 0.633. The summed E-state index contributed by atoms with van der Waals surface area (Å²) in [5.41, 5.74) is 0.773. The van der Waals surface area contributed by atoms with Gasteiger partial charge < -0.3 is 10.2 Å². The number of hydrogen-bond donors (Lipinski definition) is 1. The Balaban J connectivity index is 2.66. The first-order valence-corrected chi connectivity index (χ1v) is 9.25. The molecule has 0 saturated carbocycles. The second-order valence-corrected chi connectivity index (χ2v) is 6.69. The standard InChI is InChI=1S/C17H26Cl2N2S/c1-3-5-7-11-21(12-8-6-4-2)17(22)20-16-13-14(18)9-10-15(16)19/h9-10,13H,3-8,11-12H2,1-2H3,(H,20,22). The number of benzene rings is 1. The van der Waals surface area contributed by atoms with Crippen molar-refractivity contribution in [3.05, 3.63) is 28.2 Å². The van der Waals surface area contributed by atoms with Crippen LogP contribution in [0.4, 0.5) is 5.69 Å². The Morgan fingerprint density at radius 3 is 2.18 bits per heavy atom. The number of unbranched alkanes of at least 4 members (excludes halogenated alkanes) is 4. The summed E-state index contributed by atoms with van der Waals surface area (Å²) in [4.78, 5) is 2.25. The quantitative estimate of drug-likeness (QED) is 0.406. The Morgan fingerprint density at radius 2 is 1.64 bits per heavy atom. The van der Waals surface area contributed by atoms with Gasteiger partial charge in [0.05, 0.1) is 10.7 Å². The lowest BCUT2D eigenvalue weighted by molar-refractivity contribution is 0.395. The van der Waals surface area contributed by atoms with Crippen molar-refractivity contribution < 1.29 is 0 Å². The van der Waals surface area contributed by atoms with E-state index < -0.39 is 0 Å². The van der Waals surface area contributed by atoms with Gasteiger partial charge >= 0.3 is 0 Å². The molecule has 0 radical (unpaired) electrons. The monoisotopic (exact) mass is 360 g/mol. The Labute approximate surface area is 150 Å². The van der Waals surface area contributed by atoms with E-state index >= 15 is 0 Å². The Hall–Kier alpha value is -0.510. The third-order valence-corrected chi connectivity index (χ3v) is 4.45. The first-order chi connectivity index (χ1) is 10.6. The van der Waals surface area contributed by atoms with E-state index in [1.54, 1.807) is 12.1 Å². The average Bonchev–Trinajstić information content (AvgIpc) is 2.49. The van der Waals surface area contributed by atoms with Crippen LogP contribution in [0, 0.1) is 0 Å². The van der Waals surface area contributed by atoms with Gasteiger partial charge in [0.15, 0.2) is 5.11 Å². The predicted molar refractivity (Wildman–Crippen MR) is 103 cm³/mol. The molecule has 0 bridgehead atoms. The molecule has 0 saturated heterocycles. The Kier molecular flexibility index (Phi) is 9.85. The fourth-order valence-corrected chi connectivity index (χ4v) is 2.84. The molecule has 0 atom stereocenters. The lowest BCUT2D eigenvalue weighted by Crippen LogP contribution is -2.36. The van der Waals surface area contributed by atoms with Gasteiger partial charge in [0, 0.05) is 18.1 Å². The van der Waals surface area contributed by atoms with Crippen LogP contribution in [0.3, 0.4) is 0 Å². The van der Waals surface area contributed by atoms with E-state index in [2.05, 4.69) is 24.1 Å². The highest BCUT2D eigenvalue weighted by Crippen LogP contribution is 2.25. The van der Waals surface area contributed by atoms with Gasteiger partial charge in [-0.3, -0.25) is 0 Å². The first kappa shape index (κ1) is 19.5. The molecule has 5 heteroatoms. The maximum absolute atomic E-state index is 6.20. The van der Waals surface area contributed by atoms with Crippen molar-refractivity contribution in [2.75, 3.05) is 18.4 Å².